The van der Waals surface area contributed by atoms with Crippen LogP contribution in [0.15, 0.2) is 58.9 Å². The molecule has 0 spiro atoms. The fourth-order valence-electron chi connectivity index (χ4n) is 3.41. The fraction of sp³-hybridized carbons (Fsp3) is 0.0455. The van der Waals surface area contributed by atoms with Gasteiger partial charge in [-0.2, -0.15) is 10.5 Å². The van der Waals surface area contributed by atoms with Crippen molar-refractivity contribution < 1.29 is 0 Å². The van der Waals surface area contributed by atoms with Crippen LogP contribution in [0.2, 0.25) is 0 Å². The molecule has 146 valence electrons. The number of rotatable bonds is 2. The quantitative estimate of drug-likeness (QED) is 0.439. The molecule has 1 aliphatic heterocycles. The molecule has 0 bridgehead atoms. The van der Waals surface area contributed by atoms with E-state index >= 15 is 0 Å². The van der Waals surface area contributed by atoms with Gasteiger partial charge in [0.1, 0.15) is 10.5 Å². The van der Waals surface area contributed by atoms with Crippen LogP contribution in [0.25, 0.3) is 17.5 Å². The third kappa shape index (κ3) is 3.39. The number of thiazole rings is 1. The minimum Gasteiger partial charge on any atom is -0.384 e. The molecule has 2 heterocycles. The molecule has 1 aromatic heterocycles. The van der Waals surface area contributed by atoms with Gasteiger partial charge in [0.2, 0.25) is 0 Å². The van der Waals surface area contributed by atoms with Gasteiger partial charge in [-0.05, 0) is 74.5 Å². The number of benzene rings is 2. The first-order valence-corrected chi connectivity index (χ1v) is 11.7. The molecule has 3 aromatic rings. The average Bonchev–Trinajstić information content (AvgIpc) is 3.06. The third-order valence-corrected chi connectivity index (χ3v) is 7.87. The molecule has 1 unspecified atom stereocenters. The number of hydrogen-bond acceptors (Lipinski definition) is 5. The van der Waals surface area contributed by atoms with Crippen molar-refractivity contribution in [3.63, 3.8) is 0 Å². The largest absolute Gasteiger partial charge is 0.384 e. The van der Waals surface area contributed by atoms with Crippen LogP contribution in [0, 0.1) is 29.8 Å². The number of nitrogens with two attached hydrogens (primary N) is 1. The van der Waals surface area contributed by atoms with Gasteiger partial charge in [0.15, 0.2) is 0 Å². The monoisotopic (exact) mass is 634 g/mol. The van der Waals surface area contributed by atoms with Crippen LogP contribution in [0.3, 0.4) is 0 Å². The summed E-state index contributed by atoms with van der Waals surface area (Å²) in [5.41, 5.74) is 8.29. The highest BCUT2D eigenvalue weighted by Crippen LogP contribution is 2.37. The highest BCUT2D eigenvalue weighted by molar-refractivity contribution is 14.1. The normalized spacial score (nSPS) is 16.2. The zero-order chi connectivity index (χ0) is 21.4. The first-order valence-electron chi connectivity index (χ1n) is 8.75. The maximum Gasteiger partial charge on any atom is 0.274 e. The summed E-state index contributed by atoms with van der Waals surface area (Å²) in [5, 5.41) is 19.9. The lowest BCUT2D eigenvalue weighted by Gasteiger charge is -2.23. The second-order valence-corrected chi connectivity index (χ2v) is 9.82. The summed E-state index contributed by atoms with van der Waals surface area (Å²) < 4.78 is 4.17. The van der Waals surface area contributed by atoms with Crippen LogP contribution < -0.4 is 20.5 Å². The Morgan fingerprint density at radius 3 is 2.27 bits per heavy atom. The van der Waals surface area contributed by atoms with Crippen LogP contribution >= 0.6 is 56.5 Å². The van der Waals surface area contributed by atoms with E-state index in [1.165, 1.54) is 15.9 Å². The summed E-state index contributed by atoms with van der Waals surface area (Å²) >= 11 is 5.62. The van der Waals surface area contributed by atoms with Gasteiger partial charge >= 0.3 is 0 Å². The van der Waals surface area contributed by atoms with Gasteiger partial charge in [-0.25, -0.2) is 0 Å². The molecule has 2 aromatic carbocycles. The van der Waals surface area contributed by atoms with Crippen molar-refractivity contribution in [3.8, 4) is 12.1 Å². The molecule has 0 saturated heterocycles. The fourth-order valence-corrected chi connectivity index (χ4v) is 5.77. The topological polar surface area (TPSA) is 95.6 Å². The van der Waals surface area contributed by atoms with Crippen LogP contribution in [-0.4, -0.2) is 4.57 Å². The maximum atomic E-state index is 13.2. The molecule has 0 radical (unpaired) electrons. The molecule has 0 saturated carbocycles. The Balaban J connectivity index is 2.10. The molecule has 8 heteroatoms. The lowest BCUT2D eigenvalue weighted by atomic mass is 9.84. The average molecular weight is 634 g/mol. The molecular weight excluding hydrogens is 622 g/mol. The number of allylic oxidation sites excluding steroid dienone is 1. The summed E-state index contributed by atoms with van der Waals surface area (Å²) in [6.45, 7) is 0. The zero-order valence-corrected chi connectivity index (χ0v) is 20.4. The summed E-state index contributed by atoms with van der Waals surface area (Å²) in [7, 11) is 0. The SMILES string of the molecule is N#CC1=C(N)n2c(sc(=Cc3ccccc3I)c2=O)=C(C#N)C1c1ccccc1I. The molecule has 0 amide bonds. The Morgan fingerprint density at radius 1 is 1.00 bits per heavy atom. The first kappa shape index (κ1) is 20.8. The predicted molar refractivity (Wildman–Crippen MR) is 134 cm³/mol. The van der Waals surface area contributed by atoms with Crippen molar-refractivity contribution in [1.82, 2.24) is 4.57 Å². The molecule has 5 nitrogen and oxygen atoms in total. The summed E-state index contributed by atoms with van der Waals surface area (Å²) in [6, 6.07) is 19.7. The molecule has 0 fully saturated rings. The molecule has 1 aliphatic rings. The Kier molecular flexibility index (Phi) is 5.82. The minimum absolute atomic E-state index is 0.0832. The van der Waals surface area contributed by atoms with Gasteiger partial charge in [-0.15, -0.1) is 11.3 Å². The lowest BCUT2D eigenvalue weighted by Crippen LogP contribution is -2.38. The van der Waals surface area contributed by atoms with E-state index < -0.39 is 5.92 Å². The van der Waals surface area contributed by atoms with Crippen LogP contribution in [-0.2, 0) is 0 Å². The van der Waals surface area contributed by atoms with Crippen molar-refractivity contribution in [2.45, 2.75) is 5.92 Å². The van der Waals surface area contributed by atoms with Crippen molar-refractivity contribution >= 4 is 74.0 Å². The second kappa shape index (κ2) is 8.38. The van der Waals surface area contributed by atoms with Crippen LogP contribution in [0.5, 0.6) is 0 Å². The number of halogens is 2. The zero-order valence-electron chi connectivity index (χ0n) is 15.3. The minimum atomic E-state index is -0.601. The Hall–Kier alpha value is -2.41. The van der Waals surface area contributed by atoms with E-state index in [1.54, 1.807) is 6.08 Å². The number of aromatic nitrogens is 1. The summed E-state index contributed by atoms with van der Waals surface area (Å²) in [6.07, 6.45) is 1.80. The molecular formula is C22H12I2N4OS. The van der Waals surface area contributed by atoms with E-state index in [4.69, 9.17) is 5.73 Å². The maximum absolute atomic E-state index is 13.2. The van der Waals surface area contributed by atoms with Gasteiger partial charge < -0.3 is 5.73 Å². The Morgan fingerprint density at radius 2 is 1.63 bits per heavy atom. The van der Waals surface area contributed by atoms with E-state index in [1.807, 2.05) is 48.5 Å². The van der Waals surface area contributed by atoms with Gasteiger partial charge in [0.05, 0.1) is 33.7 Å². The standard InChI is InChI=1S/C22H12I2N4OS/c23-16-7-3-1-5-12(16)9-18-21(29)28-20(27)14(10-25)19(15(11-26)22(28)30-18)13-6-2-4-8-17(13)24/h1-9,19H,27H2. The van der Waals surface area contributed by atoms with Gasteiger partial charge in [-0.3, -0.25) is 9.36 Å². The number of hydrogen-bond donors (Lipinski definition) is 1. The molecule has 2 N–H and O–H groups in total. The van der Waals surface area contributed by atoms with Gasteiger partial charge in [0, 0.05) is 7.14 Å². The lowest BCUT2D eigenvalue weighted by molar-refractivity contribution is 0.904. The molecule has 30 heavy (non-hydrogen) atoms. The third-order valence-electron chi connectivity index (χ3n) is 4.80. The van der Waals surface area contributed by atoms with E-state index in [-0.39, 0.29) is 17.0 Å². The first-order chi connectivity index (χ1) is 14.5. The van der Waals surface area contributed by atoms with Crippen molar-refractivity contribution in [1.29, 1.82) is 10.5 Å². The van der Waals surface area contributed by atoms with Gasteiger partial charge in [-0.1, -0.05) is 36.4 Å². The van der Waals surface area contributed by atoms with Crippen LogP contribution in [0.1, 0.15) is 17.0 Å². The van der Waals surface area contributed by atoms with E-state index in [2.05, 4.69) is 57.3 Å². The molecule has 4 rings (SSSR count). The highest BCUT2D eigenvalue weighted by atomic mass is 127. The summed E-state index contributed by atoms with van der Waals surface area (Å²) in [4.78, 5) is 13.2. The molecule has 1 atom stereocenters. The van der Waals surface area contributed by atoms with E-state index in [9.17, 15) is 15.3 Å². The van der Waals surface area contributed by atoms with Gasteiger partial charge in [0.25, 0.3) is 5.56 Å². The second-order valence-electron chi connectivity index (χ2n) is 6.47. The number of nitriles is 2. The summed E-state index contributed by atoms with van der Waals surface area (Å²) in [5.74, 6) is -0.518. The van der Waals surface area contributed by atoms with Crippen molar-refractivity contribution in [2.75, 3.05) is 0 Å². The van der Waals surface area contributed by atoms with E-state index in [0.717, 1.165) is 18.3 Å². The van der Waals surface area contributed by atoms with Crippen molar-refractivity contribution in [2.24, 2.45) is 5.73 Å². The Bertz CT molecular complexity index is 1480. The smallest absolute Gasteiger partial charge is 0.274 e. The van der Waals surface area contributed by atoms with E-state index in [0.29, 0.717) is 14.8 Å². The highest BCUT2D eigenvalue weighted by Gasteiger charge is 2.33. The predicted octanol–water partition coefficient (Wildman–Crippen LogP) is 3.07. The number of fused-ring (bicyclic) bond motifs is 1. The number of nitrogens with zero attached hydrogens (tertiary/aromatic N) is 3. The van der Waals surface area contributed by atoms with Crippen molar-refractivity contribution in [3.05, 3.63) is 91.9 Å². The van der Waals surface area contributed by atoms with Crippen LogP contribution in [0.4, 0.5) is 0 Å². The Labute approximate surface area is 203 Å². The molecule has 0 aliphatic carbocycles.